The number of H-pyrrole nitrogens is 1. The first-order chi connectivity index (χ1) is 17.3. The third-order valence-corrected chi connectivity index (χ3v) is 6.62. The van der Waals surface area contributed by atoms with Crippen molar-refractivity contribution in [3.05, 3.63) is 105 Å². The van der Waals surface area contributed by atoms with Crippen LogP contribution in [0.1, 0.15) is 37.8 Å². The van der Waals surface area contributed by atoms with Gasteiger partial charge in [-0.15, -0.1) is 0 Å². The van der Waals surface area contributed by atoms with Crippen LogP contribution in [-0.4, -0.2) is 37.3 Å². The average Bonchev–Trinajstić information content (AvgIpc) is 3.50. The predicted molar refractivity (Wildman–Crippen MR) is 137 cm³/mol. The van der Waals surface area contributed by atoms with Crippen LogP contribution in [0.2, 0.25) is 0 Å². The van der Waals surface area contributed by atoms with Crippen molar-refractivity contribution in [2.75, 3.05) is 6.61 Å². The van der Waals surface area contributed by atoms with Crippen LogP contribution in [0.15, 0.2) is 71.7 Å². The van der Waals surface area contributed by atoms with Crippen molar-refractivity contribution < 1.29 is 14.3 Å². The molecule has 3 aromatic heterocycles. The molecule has 0 atom stereocenters. The molecule has 0 radical (unpaired) electrons. The molecule has 0 saturated heterocycles. The van der Waals surface area contributed by atoms with Crippen LogP contribution >= 0.6 is 0 Å². The number of fused-ring (bicyclic) bond motifs is 1. The molecule has 0 aliphatic carbocycles. The molecule has 3 heterocycles. The maximum Gasteiger partial charge on any atom is 0.340 e. The van der Waals surface area contributed by atoms with E-state index in [1.807, 2.05) is 75.5 Å². The highest BCUT2D eigenvalue weighted by Gasteiger charge is 2.24. The molecule has 8 nitrogen and oxygen atoms in total. The normalized spacial score (nSPS) is 11.2. The number of ketones is 1. The second-order valence-electron chi connectivity index (χ2n) is 8.78. The molecule has 182 valence electrons. The van der Waals surface area contributed by atoms with E-state index in [4.69, 9.17) is 4.74 Å². The van der Waals surface area contributed by atoms with E-state index in [1.54, 1.807) is 33.1 Å². The number of aromatic nitrogens is 4. The fourth-order valence-corrected chi connectivity index (χ4v) is 4.73. The van der Waals surface area contributed by atoms with Crippen molar-refractivity contribution in [3.8, 4) is 11.4 Å². The van der Waals surface area contributed by atoms with Crippen molar-refractivity contribution >= 4 is 22.7 Å². The minimum atomic E-state index is -0.570. The molecular formula is C28H26N4O4. The number of Topliss-reactive ketones (excluding diaryl/α,β-unsaturated/α-hetero) is 1. The van der Waals surface area contributed by atoms with Crippen molar-refractivity contribution in [3.63, 3.8) is 0 Å². The summed E-state index contributed by atoms with van der Waals surface area (Å²) in [6.07, 6.45) is 1.58. The average molecular weight is 483 g/mol. The van der Waals surface area contributed by atoms with Gasteiger partial charge in [0.25, 0.3) is 5.56 Å². The van der Waals surface area contributed by atoms with Crippen LogP contribution in [0, 0.1) is 20.8 Å². The molecule has 36 heavy (non-hydrogen) atoms. The van der Waals surface area contributed by atoms with E-state index in [2.05, 4.69) is 4.98 Å². The van der Waals surface area contributed by atoms with Gasteiger partial charge in [0, 0.05) is 41.1 Å². The van der Waals surface area contributed by atoms with E-state index in [-0.39, 0.29) is 11.3 Å². The molecule has 0 aliphatic rings. The number of hydrogen-bond donors (Lipinski definition) is 1. The van der Waals surface area contributed by atoms with E-state index in [9.17, 15) is 14.4 Å². The standard InChI is InChI=1S/C28H26N4O4/c1-17-14-22(25(33)16-36-28(35)23-15-29-24-13-9-8-12-21(23)24)18(2)31(17)26-19(3)30(4)32(27(26)34)20-10-6-5-7-11-20/h5-15,29H,16H2,1-4H3. The number of benzene rings is 2. The zero-order chi connectivity index (χ0) is 25.6. The summed E-state index contributed by atoms with van der Waals surface area (Å²) in [6.45, 7) is 5.12. The minimum Gasteiger partial charge on any atom is -0.454 e. The first-order valence-electron chi connectivity index (χ1n) is 11.6. The number of rotatable bonds is 6. The maximum absolute atomic E-state index is 13.5. The Morgan fingerprint density at radius 1 is 0.917 bits per heavy atom. The predicted octanol–water partition coefficient (Wildman–Crippen LogP) is 4.41. The first-order valence-corrected chi connectivity index (χ1v) is 11.6. The van der Waals surface area contributed by atoms with Crippen LogP contribution in [0.3, 0.4) is 0 Å². The number of nitrogens with zero attached hydrogens (tertiary/aromatic N) is 3. The molecule has 0 aliphatic heterocycles. The van der Waals surface area contributed by atoms with Crippen molar-refractivity contribution in [2.45, 2.75) is 20.8 Å². The molecule has 0 saturated carbocycles. The Labute approximate surface area is 207 Å². The lowest BCUT2D eigenvalue weighted by Gasteiger charge is -2.09. The Hall–Kier alpha value is -4.59. The number of carbonyl (C=O) groups excluding carboxylic acids is 2. The molecule has 2 aromatic carbocycles. The van der Waals surface area contributed by atoms with Crippen LogP contribution in [0.25, 0.3) is 22.3 Å². The lowest BCUT2D eigenvalue weighted by molar-refractivity contribution is 0.0476. The summed E-state index contributed by atoms with van der Waals surface area (Å²) in [5.74, 6) is -0.904. The van der Waals surface area contributed by atoms with Gasteiger partial charge in [-0.05, 0) is 45.0 Å². The van der Waals surface area contributed by atoms with E-state index in [0.717, 1.165) is 28.0 Å². The van der Waals surface area contributed by atoms with Gasteiger partial charge in [0.1, 0.15) is 5.69 Å². The quantitative estimate of drug-likeness (QED) is 0.287. The van der Waals surface area contributed by atoms with E-state index in [1.165, 1.54) is 0 Å². The zero-order valence-corrected chi connectivity index (χ0v) is 20.5. The van der Waals surface area contributed by atoms with E-state index in [0.29, 0.717) is 22.5 Å². The van der Waals surface area contributed by atoms with Gasteiger partial charge in [0.05, 0.1) is 16.9 Å². The molecule has 5 rings (SSSR count). The number of para-hydroxylation sites is 2. The fraction of sp³-hybridized carbons (Fsp3) is 0.179. The van der Waals surface area contributed by atoms with Gasteiger partial charge in [0.2, 0.25) is 5.78 Å². The number of esters is 1. The van der Waals surface area contributed by atoms with E-state index < -0.39 is 12.6 Å². The number of aromatic amines is 1. The molecule has 8 heteroatoms. The molecule has 0 unspecified atom stereocenters. The Morgan fingerprint density at radius 3 is 2.36 bits per heavy atom. The third kappa shape index (κ3) is 3.67. The summed E-state index contributed by atoms with van der Waals surface area (Å²) in [6, 6.07) is 18.5. The van der Waals surface area contributed by atoms with E-state index >= 15 is 0 Å². The maximum atomic E-state index is 13.5. The fourth-order valence-electron chi connectivity index (χ4n) is 4.73. The van der Waals surface area contributed by atoms with Gasteiger partial charge in [-0.3, -0.25) is 14.3 Å². The number of carbonyl (C=O) groups is 2. The van der Waals surface area contributed by atoms with Gasteiger partial charge in [-0.1, -0.05) is 36.4 Å². The molecule has 0 amide bonds. The summed E-state index contributed by atoms with van der Waals surface area (Å²) in [7, 11) is 1.83. The van der Waals surface area contributed by atoms with Gasteiger partial charge in [-0.2, -0.15) is 0 Å². The van der Waals surface area contributed by atoms with Crippen molar-refractivity contribution in [2.24, 2.45) is 7.05 Å². The monoisotopic (exact) mass is 482 g/mol. The molecule has 0 bridgehead atoms. The number of hydrogen-bond acceptors (Lipinski definition) is 4. The Bertz CT molecular complexity index is 1680. The zero-order valence-electron chi connectivity index (χ0n) is 20.5. The van der Waals surface area contributed by atoms with Gasteiger partial charge in [0.15, 0.2) is 6.61 Å². The van der Waals surface area contributed by atoms with Crippen molar-refractivity contribution in [1.29, 1.82) is 0 Å². The second kappa shape index (κ2) is 8.88. The highest BCUT2D eigenvalue weighted by molar-refractivity contribution is 6.05. The highest BCUT2D eigenvalue weighted by atomic mass is 16.5. The molecule has 0 spiro atoms. The number of ether oxygens (including phenoxy) is 1. The van der Waals surface area contributed by atoms with Crippen LogP contribution in [0.5, 0.6) is 0 Å². The number of aryl methyl sites for hydroxylation is 1. The smallest absolute Gasteiger partial charge is 0.340 e. The summed E-state index contributed by atoms with van der Waals surface area (Å²) in [5, 5.41) is 0.738. The van der Waals surface area contributed by atoms with Gasteiger partial charge in [-0.25, -0.2) is 9.48 Å². The molecule has 0 fully saturated rings. The van der Waals surface area contributed by atoms with Gasteiger partial charge >= 0.3 is 5.97 Å². The topological polar surface area (TPSA) is 91.0 Å². The Kier molecular flexibility index (Phi) is 5.72. The van der Waals surface area contributed by atoms with Crippen molar-refractivity contribution in [1.82, 2.24) is 18.9 Å². The molecule has 1 N–H and O–H groups in total. The number of nitrogens with one attached hydrogen (secondary N) is 1. The SMILES string of the molecule is Cc1cc(C(=O)COC(=O)c2c[nH]c3ccccc23)c(C)n1-c1c(C)n(C)n(-c2ccccc2)c1=O. The Morgan fingerprint density at radius 2 is 1.61 bits per heavy atom. The summed E-state index contributed by atoms with van der Waals surface area (Å²) >= 11 is 0. The van der Waals surface area contributed by atoms with Crippen LogP contribution in [0.4, 0.5) is 0 Å². The lowest BCUT2D eigenvalue weighted by atomic mass is 10.1. The third-order valence-electron chi connectivity index (χ3n) is 6.62. The van der Waals surface area contributed by atoms with Gasteiger partial charge < -0.3 is 14.3 Å². The lowest BCUT2D eigenvalue weighted by Crippen LogP contribution is -2.22. The minimum absolute atomic E-state index is 0.187. The largest absolute Gasteiger partial charge is 0.454 e. The molecular weight excluding hydrogens is 456 g/mol. The van der Waals surface area contributed by atoms with Crippen LogP contribution in [-0.2, 0) is 11.8 Å². The summed E-state index contributed by atoms with van der Waals surface area (Å²) in [4.78, 5) is 42.3. The molecule has 5 aromatic rings. The van der Waals surface area contributed by atoms with Crippen LogP contribution < -0.4 is 5.56 Å². The highest BCUT2D eigenvalue weighted by Crippen LogP contribution is 2.23. The Balaban J connectivity index is 1.44. The second-order valence-corrected chi connectivity index (χ2v) is 8.78. The summed E-state index contributed by atoms with van der Waals surface area (Å²) < 4.78 is 10.6. The summed E-state index contributed by atoms with van der Waals surface area (Å²) in [5.41, 5.74) is 4.77. The first kappa shape index (κ1) is 23.2.